The zero-order valence-electron chi connectivity index (χ0n) is 12.8. The Bertz CT molecular complexity index is 580. The summed E-state index contributed by atoms with van der Waals surface area (Å²) in [5, 5.41) is 3.42. The molecular weight excluding hydrogens is 265 g/mol. The Balaban J connectivity index is 2.37. The van der Waals surface area contributed by atoms with Crippen molar-refractivity contribution in [3.05, 3.63) is 65.0 Å². The molecule has 1 N–H and O–H groups in total. The minimum absolute atomic E-state index is 0.142. The Hall–Kier alpha value is -1.87. The number of nitrogens with one attached hydrogen (secondary N) is 1. The fourth-order valence-electron chi connectivity index (χ4n) is 2.32. The molecule has 112 valence electrons. The second-order valence-corrected chi connectivity index (χ2v) is 5.19. The summed E-state index contributed by atoms with van der Waals surface area (Å²) in [6, 6.07) is 13.1. The molecular formula is C18H22FNO. The van der Waals surface area contributed by atoms with Gasteiger partial charge in [0, 0.05) is 11.6 Å². The van der Waals surface area contributed by atoms with Crippen LogP contribution in [-0.4, -0.2) is 13.7 Å². The van der Waals surface area contributed by atoms with Gasteiger partial charge in [0.05, 0.1) is 13.2 Å². The molecule has 0 fully saturated rings. The molecule has 0 aliphatic rings. The summed E-state index contributed by atoms with van der Waals surface area (Å²) in [4.78, 5) is 0. The lowest BCUT2D eigenvalue weighted by Gasteiger charge is -2.20. The molecule has 3 heteroatoms. The molecule has 1 unspecified atom stereocenters. The van der Waals surface area contributed by atoms with E-state index in [0.29, 0.717) is 11.3 Å². The van der Waals surface area contributed by atoms with Crippen LogP contribution in [0, 0.1) is 12.7 Å². The van der Waals surface area contributed by atoms with Gasteiger partial charge < -0.3 is 10.1 Å². The maximum Gasteiger partial charge on any atom is 0.132 e. The lowest BCUT2D eigenvalue weighted by atomic mass is 9.97. The van der Waals surface area contributed by atoms with E-state index < -0.39 is 0 Å². The molecule has 0 heterocycles. The van der Waals surface area contributed by atoms with E-state index in [1.807, 2.05) is 19.1 Å². The number of aryl methyl sites for hydroxylation is 1. The number of rotatable bonds is 6. The zero-order chi connectivity index (χ0) is 15.2. The van der Waals surface area contributed by atoms with E-state index in [2.05, 4.69) is 24.4 Å². The second-order valence-electron chi connectivity index (χ2n) is 5.19. The number of methoxy groups -OCH3 is 1. The van der Waals surface area contributed by atoms with Gasteiger partial charge in [-0.1, -0.05) is 42.8 Å². The lowest BCUT2D eigenvalue weighted by Crippen LogP contribution is -2.24. The van der Waals surface area contributed by atoms with Gasteiger partial charge in [-0.05, 0) is 31.5 Å². The number of halogens is 1. The monoisotopic (exact) mass is 287 g/mol. The third-order valence-corrected chi connectivity index (χ3v) is 3.53. The van der Waals surface area contributed by atoms with E-state index in [0.717, 1.165) is 18.5 Å². The van der Waals surface area contributed by atoms with Crippen LogP contribution in [0.5, 0.6) is 5.75 Å². The first-order valence-electron chi connectivity index (χ1n) is 7.29. The highest BCUT2D eigenvalue weighted by Gasteiger charge is 2.17. The number of hydrogen-bond acceptors (Lipinski definition) is 2. The molecule has 0 saturated carbocycles. The zero-order valence-corrected chi connectivity index (χ0v) is 12.8. The van der Waals surface area contributed by atoms with Gasteiger partial charge in [0.2, 0.25) is 0 Å². The predicted octanol–water partition coefficient (Wildman–Crippen LogP) is 4.23. The van der Waals surface area contributed by atoms with Crippen LogP contribution in [0.15, 0.2) is 42.5 Å². The topological polar surface area (TPSA) is 21.3 Å². The molecule has 0 spiro atoms. The third kappa shape index (κ3) is 3.82. The SMILES string of the molecule is CCCNC(c1ccc(C)cc1)c1ccc(OC)cc1F. The number of benzene rings is 2. The molecule has 2 aromatic rings. The van der Waals surface area contributed by atoms with E-state index in [1.54, 1.807) is 19.2 Å². The summed E-state index contributed by atoms with van der Waals surface area (Å²) in [5.41, 5.74) is 2.91. The second kappa shape index (κ2) is 7.23. The first kappa shape index (κ1) is 15.5. The van der Waals surface area contributed by atoms with Crippen LogP contribution < -0.4 is 10.1 Å². The first-order valence-corrected chi connectivity index (χ1v) is 7.29. The van der Waals surface area contributed by atoms with Gasteiger partial charge in [0.15, 0.2) is 0 Å². The molecule has 0 saturated heterocycles. The van der Waals surface area contributed by atoms with Crippen molar-refractivity contribution in [2.75, 3.05) is 13.7 Å². The van der Waals surface area contributed by atoms with Crippen LogP contribution in [0.3, 0.4) is 0 Å². The van der Waals surface area contributed by atoms with Crippen molar-refractivity contribution in [2.24, 2.45) is 0 Å². The Morgan fingerprint density at radius 3 is 2.43 bits per heavy atom. The van der Waals surface area contributed by atoms with Gasteiger partial charge in [-0.3, -0.25) is 0 Å². The highest BCUT2D eigenvalue weighted by Crippen LogP contribution is 2.27. The Labute approximate surface area is 126 Å². The molecule has 2 nitrogen and oxygen atoms in total. The molecule has 0 aromatic heterocycles. The van der Waals surface area contributed by atoms with E-state index in [4.69, 9.17) is 4.74 Å². The summed E-state index contributed by atoms with van der Waals surface area (Å²) in [5.74, 6) is 0.290. The van der Waals surface area contributed by atoms with Crippen molar-refractivity contribution in [1.29, 1.82) is 0 Å². The molecule has 1 atom stereocenters. The molecule has 0 aliphatic heterocycles. The molecule has 0 amide bonds. The van der Waals surface area contributed by atoms with Crippen LogP contribution in [0.25, 0.3) is 0 Å². The van der Waals surface area contributed by atoms with Crippen LogP contribution in [0.4, 0.5) is 4.39 Å². The van der Waals surface area contributed by atoms with Crippen LogP contribution in [-0.2, 0) is 0 Å². The fourth-order valence-corrected chi connectivity index (χ4v) is 2.32. The Morgan fingerprint density at radius 2 is 1.86 bits per heavy atom. The molecule has 0 radical (unpaired) electrons. The van der Waals surface area contributed by atoms with Gasteiger partial charge in [-0.15, -0.1) is 0 Å². The van der Waals surface area contributed by atoms with Crippen LogP contribution in [0.1, 0.15) is 36.1 Å². The van der Waals surface area contributed by atoms with E-state index in [1.165, 1.54) is 11.6 Å². The van der Waals surface area contributed by atoms with Gasteiger partial charge in [0.1, 0.15) is 11.6 Å². The summed E-state index contributed by atoms with van der Waals surface area (Å²) < 4.78 is 19.4. The van der Waals surface area contributed by atoms with Gasteiger partial charge in [-0.2, -0.15) is 0 Å². The standard InChI is InChI=1S/C18H22FNO/c1-4-11-20-18(14-7-5-13(2)6-8-14)16-10-9-15(21-3)12-17(16)19/h5-10,12,18,20H,4,11H2,1-3H3. The van der Waals surface area contributed by atoms with Crippen LogP contribution >= 0.6 is 0 Å². The van der Waals surface area contributed by atoms with Crippen molar-refractivity contribution < 1.29 is 9.13 Å². The summed E-state index contributed by atoms with van der Waals surface area (Å²) in [6.45, 7) is 4.99. The van der Waals surface area contributed by atoms with Crippen LogP contribution in [0.2, 0.25) is 0 Å². The first-order chi connectivity index (χ1) is 10.2. The largest absolute Gasteiger partial charge is 0.497 e. The maximum atomic E-state index is 14.4. The summed E-state index contributed by atoms with van der Waals surface area (Å²) in [7, 11) is 1.54. The molecule has 21 heavy (non-hydrogen) atoms. The summed E-state index contributed by atoms with van der Waals surface area (Å²) in [6.07, 6.45) is 1.00. The van der Waals surface area contributed by atoms with Crippen molar-refractivity contribution in [3.63, 3.8) is 0 Å². The van der Waals surface area contributed by atoms with Gasteiger partial charge in [0.25, 0.3) is 0 Å². The molecule has 0 bridgehead atoms. The predicted molar refractivity (Wildman–Crippen MR) is 84.3 cm³/mol. The number of ether oxygens (including phenoxy) is 1. The molecule has 0 aliphatic carbocycles. The third-order valence-electron chi connectivity index (χ3n) is 3.53. The average Bonchev–Trinajstić information content (AvgIpc) is 2.50. The van der Waals surface area contributed by atoms with Crippen molar-refractivity contribution >= 4 is 0 Å². The highest BCUT2D eigenvalue weighted by molar-refractivity contribution is 5.37. The van der Waals surface area contributed by atoms with Crippen molar-refractivity contribution in [3.8, 4) is 5.75 Å². The Morgan fingerprint density at radius 1 is 1.14 bits per heavy atom. The highest BCUT2D eigenvalue weighted by atomic mass is 19.1. The molecule has 2 aromatic carbocycles. The Kier molecular flexibility index (Phi) is 5.34. The number of hydrogen-bond donors (Lipinski definition) is 1. The maximum absolute atomic E-state index is 14.4. The lowest BCUT2D eigenvalue weighted by molar-refractivity contribution is 0.410. The normalized spacial score (nSPS) is 12.2. The quantitative estimate of drug-likeness (QED) is 0.858. The molecule has 2 rings (SSSR count). The van der Waals surface area contributed by atoms with Gasteiger partial charge >= 0.3 is 0 Å². The average molecular weight is 287 g/mol. The van der Waals surface area contributed by atoms with Crippen molar-refractivity contribution in [1.82, 2.24) is 5.32 Å². The summed E-state index contributed by atoms with van der Waals surface area (Å²) >= 11 is 0. The van der Waals surface area contributed by atoms with E-state index >= 15 is 0 Å². The minimum Gasteiger partial charge on any atom is -0.497 e. The smallest absolute Gasteiger partial charge is 0.132 e. The fraction of sp³-hybridized carbons (Fsp3) is 0.333. The van der Waals surface area contributed by atoms with E-state index in [9.17, 15) is 4.39 Å². The van der Waals surface area contributed by atoms with Crippen molar-refractivity contribution in [2.45, 2.75) is 26.3 Å². The minimum atomic E-state index is -0.247. The van der Waals surface area contributed by atoms with E-state index in [-0.39, 0.29) is 11.9 Å². The van der Waals surface area contributed by atoms with Gasteiger partial charge in [-0.25, -0.2) is 4.39 Å².